The highest BCUT2D eigenvalue weighted by atomic mass is 16.5. The zero-order valence-corrected chi connectivity index (χ0v) is 13.5. The van der Waals surface area contributed by atoms with Crippen molar-refractivity contribution in [1.82, 2.24) is 4.90 Å². The second kappa shape index (κ2) is 8.76. The molecule has 0 saturated carbocycles. The van der Waals surface area contributed by atoms with E-state index in [0.29, 0.717) is 26.4 Å². The molecule has 5 heteroatoms. The second-order valence-electron chi connectivity index (χ2n) is 5.57. The molecular weight excluding hydrogens is 280 g/mol. The Kier molecular flexibility index (Phi) is 6.68. The zero-order chi connectivity index (χ0) is 15.8. The lowest BCUT2D eigenvalue weighted by Crippen LogP contribution is -2.45. The van der Waals surface area contributed by atoms with Crippen molar-refractivity contribution in [1.29, 1.82) is 0 Å². The van der Waals surface area contributed by atoms with Crippen LogP contribution in [0.3, 0.4) is 0 Å². The van der Waals surface area contributed by atoms with E-state index < -0.39 is 0 Å². The Morgan fingerprint density at radius 1 is 1.32 bits per heavy atom. The topological polar surface area (TPSA) is 50.8 Å². The van der Waals surface area contributed by atoms with Crippen LogP contribution >= 0.6 is 0 Å². The number of nitrogens with one attached hydrogen (secondary N) is 1. The predicted molar refractivity (Wildman–Crippen MR) is 87.2 cm³/mol. The number of hydrogen-bond acceptors (Lipinski definition) is 3. The molecular formula is C17H26N2O3. The van der Waals surface area contributed by atoms with E-state index in [1.165, 1.54) is 5.56 Å². The van der Waals surface area contributed by atoms with Gasteiger partial charge in [0.25, 0.3) is 0 Å². The van der Waals surface area contributed by atoms with Gasteiger partial charge in [-0.2, -0.15) is 0 Å². The minimum absolute atomic E-state index is 0.0537. The lowest BCUT2D eigenvalue weighted by Gasteiger charge is -2.32. The molecule has 1 aliphatic heterocycles. The number of carbonyl (C=O) groups is 1. The number of benzene rings is 1. The summed E-state index contributed by atoms with van der Waals surface area (Å²) < 4.78 is 11.1. The van der Waals surface area contributed by atoms with E-state index in [9.17, 15) is 4.79 Å². The van der Waals surface area contributed by atoms with Crippen LogP contribution in [-0.2, 0) is 9.47 Å². The van der Waals surface area contributed by atoms with E-state index in [-0.39, 0.29) is 12.1 Å². The van der Waals surface area contributed by atoms with Gasteiger partial charge in [-0.3, -0.25) is 0 Å². The normalized spacial score (nSPS) is 18.3. The Hall–Kier alpha value is -1.59. The van der Waals surface area contributed by atoms with Gasteiger partial charge in [0.15, 0.2) is 0 Å². The monoisotopic (exact) mass is 306 g/mol. The summed E-state index contributed by atoms with van der Waals surface area (Å²) in [6.45, 7) is 7.33. The van der Waals surface area contributed by atoms with E-state index in [1.807, 2.05) is 43.0 Å². The molecule has 1 aliphatic rings. The maximum absolute atomic E-state index is 12.3. The van der Waals surface area contributed by atoms with Crippen molar-refractivity contribution in [2.75, 3.05) is 38.2 Å². The SMILES string of the molecule is CCOCCO[C@H]1CCCN(C(=O)Nc2ccc(C)cc2)C1. The van der Waals surface area contributed by atoms with Crippen LogP contribution < -0.4 is 5.32 Å². The molecule has 1 fully saturated rings. The van der Waals surface area contributed by atoms with Crippen molar-refractivity contribution < 1.29 is 14.3 Å². The third-order valence-corrected chi connectivity index (χ3v) is 3.75. The average Bonchev–Trinajstić information content (AvgIpc) is 2.54. The second-order valence-corrected chi connectivity index (χ2v) is 5.57. The molecule has 0 unspecified atom stereocenters. The van der Waals surface area contributed by atoms with Crippen molar-refractivity contribution in [3.05, 3.63) is 29.8 Å². The lowest BCUT2D eigenvalue weighted by atomic mass is 10.1. The van der Waals surface area contributed by atoms with Gasteiger partial charge in [-0.25, -0.2) is 4.79 Å². The molecule has 122 valence electrons. The van der Waals surface area contributed by atoms with Gasteiger partial charge in [-0.15, -0.1) is 0 Å². The summed E-state index contributed by atoms with van der Waals surface area (Å²) in [6.07, 6.45) is 2.08. The highest BCUT2D eigenvalue weighted by Crippen LogP contribution is 2.15. The third kappa shape index (κ3) is 5.31. The highest BCUT2D eigenvalue weighted by molar-refractivity contribution is 5.89. The first-order valence-corrected chi connectivity index (χ1v) is 8.01. The van der Waals surface area contributed by atoms with Gasteiger partial charge >= 0.3 is 6.03 Å². The molecule has 1 aromatic rings. The van der Waals surface area contributed by atoms with E-state index in [4.69, 9.17) is 9.47 Å². The number of piperidine rings is 1. The molecule has 1 aromatic carbocycles. The highest BCUT2D eigenvalue weighted by Gasteiger charge is 2.24. The van der Waals surface area contributed by atoms with E-state index in [1.54, 1.807) is 0 Å². The molecule has 0 aliphatic carbocycles. The number of rotatable bonds is 6. The number of hydrogen-bond donors (Lipinski definition) is 1. The summed E-state index contributed by atoms with van der Waals surface area (Å²) in [7, 11) is 0. The lowest BCUT2D eigenvalue weighted by molar-refractivity contribution is -0.0181. The molecule has 2 amide bonds. The van der Waals surface area contributed by atoms with Gasteiger partial charge in [0, 0.05) is 25.4 Å². The zero-order valence-electron chi connectivity index (χ0n) is 13.5. The number of nitrogens with zero attached hydrogens (tertiary/aromatic N) is 1. The van der Waals surface area contributed by atoms with E-state index >= 15 is 0 Å². The summed E-state index contributed by atoms with van der Waals surface area (Å²) in [5.74, 6) is 0. The number of urea groups is 1. The summed E-state index contributed by atoms with van der Waals surface area (Å²) >= 11 is 0. The van der Waals surface area contributed by atoms with Crippen molar-refractivity contribution in [3.63, 3.8) is 0 Å². The number of likely N-dealkylation sites (tertiary alicyclic amines) is 1. The standard InChI is InChI=1S/C17H26N2O3/c1-3-21-11-12-22-16-5-4-10-19(13-16)17(20)18-15-8-6-14(2)7-9-15/h6-9,16H,3-5,10-13H2,1-2H3,(H,18,20)/t16-/m0/s1. The molecule has 1 heterocycles. The molecule has 22 heavy (non-hydrogen) atoms. The maximum atomic E-state index is 12.3. The predicted octanol–water partition coefficient (Wildman–Crippen LogP) is 3.04. The van der Waals surface area contributed by atoms with Gasteiger partial charge in [0.1, 0.15) is 0 Å². The number of anilines is 1. The number of amides is 2. The van der Waals surface area contributed by atoms with Gasteiger partial charge in [-0.05, 0) is 38.8 Å². The van der Waals surface area contributed by atoms with Crippen molar-refractivity contribution in [2.24, 2.45) is 0 Å². The van der Waals surface area contributed by atoms with Crippen molar-refractivity contribution in [3.8, 4) is 0 Å². The van der Waals surface area contributed by atoms with Gasteiger partial charge in [0.05, 0.1) is 19.3 Å². The Morgan fingerprint density at radius 3 is 2.82 bits per heavy atom. The van der Waals surface area contributed by atoms with Gasteiger partial charge < -0.3 is 19.7 Å². The van der Waals surface area contributed by atoms with Gasteiger partial charge in [0.2, 0.25) is 0 Å². The van der Waals surface area contributed by atoms with Crippen LogP contribution in [0.15, 0.2) is 24.3 Å². The van der Waals surface area contributed by atoms with Gasteiger partial charge in [-0.1, -0.05) is 17.7 Å². The first-order valence-electron chi connectivity index (χ1n) is 8.01. The van der Waals surface area contributed by atoms with Crippen LogP contribution in [0, 0.1) is 6.92 Å². The van der Waals surface area contributed by atoms with E-state index in [2.05, 4.69) is 5.32 Å². The Labute approximate surface area is 132 Å². The summed E-state index contributed by atoms with van der Waals surface area (Å²) in [5.41, 5.74) is 2.01. The van der Waals surface area contributed by atoms with Crippen LogP contribution in [0.25, 0.3) is 0 Å². The molecule has 0 aromatic heterocycles. The number of aryl methyl sites for hydroxylation is 1. The summed E-state index contributed by atoms with van der Waals surface area (Å²) in [6, 6.07) is 7.78. The molecule has 5 nitrogen and oxygen atoms in total. The maximum Gasteiger partial charge on any atom is 0.321 e. The van der Waals surface area contributed by atoms with Crippen LogP contribution in [0.5, 0.6) is 0 Å². The summed E-state index contributed by atoms with van der Waals surface area (Å²) in [4.78, 5) is 14.1. The Balaban J connectivity index is 1.78. The first kappa shape index (κ1) is 16.8. The molecule has 1 saturated heterocycles. The Morgan fingerprint density at radius 2 is 2.09 bits per heavy atom. The molecule has 1 atom stereocenters. The van der Waals surface area contributed by atoms with E-state index in [0.717, 1.165) is 25.1 Å². The molecule has 0 radical (unpaired) electrons. The third-order valence-electron chi connectivity index (χ3n) is 3.75. The number of ether oxygens (including phenoxy) is 2. The molecule has 0 bridgehead atoms. The first-order chi connectivity index (χ1) is 10.7. The molecule has 0 spiro atoms. The molecule has 2 rings (SSSR count). The quantitative estimate of drug-likeness (QED) is 0.822. The van der Waals surface area contributed by atoms with Crippen LogP contribution in [-0.4, -0.2) is 49.9 Å². The Bertz CT molecular complexity index is 461. The van der Waals surface area contributed by atoms with Crippen molar-refractivity contribution in [2.45, 2.75) is 32.8 Å². The van der Waals surface area contributed by atoms with Crippen LogP contribution in [0.4, 0.5) is 10.5 Å². The fourth-order valence-corrected chi connectivity index (χ4v) is 2.52. The number of carbonyl (C=O) groups excluding carboxylic acids is 1. The van der Waals surface area contributed by atoms with Crippen molar-refractivity contribution >= 4 is 11.7 Å². The van der Waals surface area contributed by atoms with Crippen LogP contribution in [0.1, 0.15) is 25.3 Å². The largest absolute Gasteiger partial charge is 0.379 e. The minimum Gasteiger partial charge on any atom is -0.379 e. The fourth-order valence-electron chi connectivity index (χ4n) is 2.52. The molecule has 1 N–H and O–H groups in total. The average molecular weight is 306 g/mol. The minimum atomic E-state index is -0.0537. The smallest absolute Gasteiger partial charge is 0.321 e. The summed E-state index contributed by atoms with van der Waals surface area (Å²) in [5, 5.41) is 2.94. The van der Waals surface area contributed by atoms with Crippen LogP contribution in [0.2, 0.25) is 0 Å². The fraction of sp³-hybridized carbons (Fsp3) is 0.588.